The Morgan fingerprint density at radius 3 is 2.63 bits per heavy atom. The zero-order valence-electron chi connectivity index (χ0n) is 10.9. The van der Waals surface area contributed by atoms with Crippen molar-refractivity contribution >= 4 is 11.6 Å². The van der Waals surface area contributed by atoms with Crippen LogP contribution in [0.2, 0.25) is 5.02 Å². The van der Waals surface area contributed by atoms with E-state index in [4.69, 9.17) is 21.4 Å². The molecule has 0 aliphatic carbocycles. The molecule has 0 heterocycles. The van der Waals surface area contributed by atoms with Crippen LogP contribution in [0.4, 0.5) is 0 Å². The zero-order valence-corrected chi connectivity index (χ0v) is 11.7. The molecule has 2 aromatic carbocycles. The van der Waals surface area contributed by atoms with Crippen LogP contribution in [0, 0.1) is 0 Å². The Bertz CT molecular complexity index is 552. The molecule has 2 aromatic rings. The molecule has 0 fully saturated rings. The molecule has 0 unspecified atom stereocenters. The Labute approximate surface area is 118 Å². The lowest BCUT2D eigenvalue weighted by Gasteiger charge is -2.12. The van der Waals surface area contributed by atoms with Crippen LogP contribution < -0.4 is 4.74 Å². The molecule has 0 aliphatic heterocycles. The third kappa shape index (κ3) is 3.28. The van der Waals surface area contributed by atoms with Crippen LogP contribution in [0.1, 0.15) is 12.5 Å². The van der Waals surface area contributed by atoms with Gasteiger partial charge in [0.2, 0.25) is 0 Å². The highest BCUT2D eigenvalue weighted by atomic mass is 35.5. The minimum absolute atomic E-state index is 0.133. The van der Waals surface area contributed by atoms with Crippen molar-refractivity contribution in [2.45, 2.75) is 13.3 Å². The van der Waals surface area contributed by atoms with E-state index in [2.05, 4.69) is 0 Å². The summed E-state index contributed by atoms with van der Waals surface area (Å²) in [6.45, 7) is 2.71. The van der Waals surface area contributed by atoms with Crippen molar-refractivity contribution in [1.82, 2.24) is 0 Å². The molecule has 0 saturated carbocycles. The highest BCUT2D eigenvalue weighted by Gasteiger charge is 2.10. The van der Waals surface area contributed by atoms with E-state index in [1.807, 2.05) is 49.4 Å². The van der Waals surface area contributed by atoms with Crippen LogP contribution in [0.3, 0.4) is 0 Å². The van der Waals surface area contributed by atoms with E-state index in [0.717, 1.165) is 22.4 Å². The standard InChI is InChI=1S/C16H17ClO2/c1-2-19-16-6-4-3-5-13(16)14-11-12(9-10-18)7-8-15(14)17/h3-8,11,18H,2,9-10H2,1H3. The van der Waals surface area contributed by atoms with E-state index in [0.29, 0.717) is 18.1 Å². The highest BCUT2D eigenvalue weighted by molar-refractivity contribution is 6.33. The molecule has 19 heavy (non-hydrogen) atoms. The average Bonchev–Trinajstić information content (AvgIpc) is 2.42. The van der Waals surface area contributed by atoms with Crippen LogP contribution >= 0.6 is 11.6 Å². The first-order valence-corrected chi connectivity index (χ1v) is 6.75. The largest absolute Gasteiger partial charge is 0.493 e. The first kappa shape index (κ1) is 13.9. The second-order valence-electron chi connectivity index (χ2n) is 4.22. The van der Waals surface area contributed by atoms with Gasteiger partial charge in [-0.15, -0.1) is 0 Å². The topological polar surface area (TPSA) is 29.5 Å². The van der Waals surface area contributed by atoms with Crippen molar-refractivity contribution in [3.05, 3.63) is 53.1 Å². The fourth-order valence-electron chi connectivity index (χ4n) is 2.03. The number of aliphatic hydroxyl groups is 1. The monoisotopic (exact) mass is 276 g/mol. The van der Waals surface area contributed by atoms with Gasteiger partial charge in [-0.3, -0.25) is 0 Å². The predicted octanol–water partition coefficient (Wildman–Crippen LogP) is 3.94. The Kier molecular flexibility index (Phi) is 4.83. The van der Waals surface area contributed by atoms with Crippen molar-refractivity contribution in [3.8, 4) is 16.9 Å². The number of halogens is 1. The Balaban J connectivity index is 2.48. The van der Waals surface area contributed by atoms with Crippen molar-refractivity contribution < 1.29 is 9.84 Å². The van der Waals surface area contributed by atoms with Gasteiger partial charge in [-0.05, 0) is 37.1 Å². The van der Waals surface area contributed by atoms with Gasteiger partial charge in [0.05, 0.1) is 6.61 Å². The minimum Gasteiger partial charge on any atom is -0.493 e. The lowest BCUT2D eigenvalue weighted by molar-refractivity contribution is 0.299. The summed E-state index contributed by atoms with van der Waals surface area (Å²) in [6.07, 6.45) is 0.626. The van der Waals surface area contributed by atoms with Crippen molar-refractivity contribution in [2.24, 2.45) is 0 Å². The summed E-state index contributed by atoms with van der Waals surface area (Å²) in [5.74, 6) is 0.827. The number of benzene rings is 2. The fraction of sp³-hybridized carbons (Fsp3) is 0.250. The molecular weight excluding hydrogens is 260 g/mol. The molecule has 2 rings (SSSR count). The molecule has 0 bridgehead atoms. The summed E-state index contributed by atoms with van der Waals surface area (Å²) in [4.78, 5) is 0. The normalized spacial score (nSPS) is 10.5. The maximum absolute atomic E-state index is 9.03. The summed E-state index contributed by atoms with van der Waals surface area (Å²) in [7, 11) is 0. The second kappa shape index (κ2) is 6.60. The molecular formula is C16H17ClO2. The summed E-state index contributed by atoms with van der Waals surface area (Å²) in [5.41, 5.74) is 2.99. The maximum atomic E-state index is 9.03. The maximum Gasteiger partial charge on any atom is 0.127 e. The van der Waals surface area contributed by atoms with Gasteiger partial charge in [-0.25, -0.2) is 0 Å². The van der Waals surface area contributed by atoms with E-state index in [-0.39, 0.29) is 6.61 Å². The molecule has 3 heteroatoms. The molecule has 0 amide bonds. The molecule has 0 aromatic heterocycles. The Hall–Kier alpha value is -1.51. The quantitative estimate of drug-likeness (QED) is 0.896. The smallest absolute Gasteiger partial charge is 0.127 e. The van der Waals surface area contributed by atoms with Crippen LogP contribution in [0.5, 0.6) is 5.75 Å². The fourth-order valence-corrected chi connectivity index (χ4v) is 2.25. The van der Waals surface area contributed by atoms with Gasteiger partial charge in [0.25, 0.3) is 0 Å². The van der Waals surface area contributed by atoms with Crippen molar-refractivity contribution in [3.63, 3.8) is 0 Å². The van der Waals surface area contributed by atoms with Gasteiger partial charge >= 0.3 is 0 Å². The lowest BCUT2D eigenvalue weighted by atomic mass is 10.0. The third-order valence-corrected chi connectivity index (χ3v) is 3.24. The summed E-state index contributed by atoms with van der Waals surface area (Å²) >= 11 is 6.28. The summed E-state index contributed by atoms with van der Waals surface area (Å²) in [6, 6.07) is 13.7. The molecule has 2 nitrogen and oxygen atoms in total. The van der Waals surface area contributed by atoms with E-state index >= 15 is 0 Å². The Morgan fingerprint density at radius 1 is 1.11 bits per heavy atom. The highest BCUT2D eigenvalue weighted by Crippen LogP contribution is 2.35. The molecule has 100 valence electrons. The van der Waals surface area contributed by atoms with E-state index < -0.39 is 0 Å². The van der Waals surface area contributed by atoms with Crippen molar-refractivity contribution in [1.29, 1.82) is 0 Å². The summed E-state index contributed by atoms with van der Waals surface area (Å²) < 4.78 is 5.64. The van der Waals surface area contributed by atoms with Gasteiger partial charge in [-0.1, -0.05) is 35.9 Å². The zero-order chi connectivity index (χ0) is 13.7. The van der Waals surface area contributed by atoms with Crippen molar-refractivity contribution in [2.75, 3.05) is 13.2 Å². The molecule has 0 radical (unpaired) electrons. The number of hydrogen-bond acceptors (Lipinski definition) is 2. The number of ether oxygens (including phenoxy) is 1. The number of hydrogen-bond donors (Lipinski definition) is 1. The third-order valence-electron chi connectivity index (χ3n) is 2.91. The van der Waals surface area contributed by atoms with Crippen LogP contribution in [0.15, 0.2) is 42.5 Å². The lowest BCUT2D eigenvalue weighted by Crippen LogP contribution is -1.95. The van der Waals surface area contributed by atoms with Gasteiger partial charge in [0.1, 0.15) is 5.75 Å². The van der Waals surface area contributed by atoms with Gasteiger partial charge in [0, 0.05) is 22.8 Å². The first-order valence-electron chi connectivity index (χ1n) is 6.37. The minimum atomic E-state index is 0.133. The second-order valence-corrected chi connectivity index (χ2v) is 4.62. The molecule has 1 N–H and O–H groups in total. The summed E-state index contributed by atoms with van der Waals surface area (Å²) in [5, 5.41) is 9.72. The molecule has 0 spiro atoms. The van der Waals surface area contributed by atoms with Crippen LogP contribution in [0.25, 0.3) is 11.1 Å². The number of aliphatic hydroxyl groups excluding tert-OH is 1. The average molecular weight is 277 g/mol. The van der Waals surface area contributed by atoms with Crippen LogP contribution in [-0.4, -0.2) is 18.3 Å². The van der Waals surface area contributed by atoms with E-state index in [9.17, 15) is 0 Å². The molecule has 0 atom stereocenters. The van der Waals surface area contributed by atoms with Crippen LogP contribution in [-0.2, 0) is 6.42 Å². The number of rotatable bonds is 5. The van der Waals surface area contributed by atoms with Gasteiger partial charge in [-0.2, -0.15) is 0 Å². The van der Waals surface area contributed by atoms with E-state index in [1.165, 1.54) is 0 Å². The van der Waals surface area contributed by atoms with Gasteiger partial charge in [0.15, 0.2) is 0 Å². The first-order chi connectivity index (χ1) is 9.26. The van der Waals surface area contributed by atoms with E-state index in [1.54, 1.807) is 0 Å². The predicted molar refractivity (Wildman–Crippen MR) is 78.8 cm³/mol. The molecule has 0 saturated heterocycles. The Morgan fingerprint density at radius 2 is 1.89 bits per heavy atom. The number of para-hydroxylation sites is 1. The van der Waals surface area contributed by atoms with Gasteiger partial charge < -0.3 is 9.84 Å². The SMILES string of the molecule is CCOc1ccccc1-c1cc(CCO)ccc1Cl. The molecule has 0 aliphatic rings.